The van der Waals surface area contributed by atoms with Gasteiger partial charge in [0.25, 0.3) is 5.56 Å². The van der Waals surface area contributed by atoms with Crippen LogP contribution in [0, 0.1) is 6.92 Å². The summed E-state index contributed by atoms with van der Waals surface area (Å²) in [6, 6.07) is 1.45. The fourth-order valence-corrected chi connectivity index (χ4v) is 1.95. The van der Waals surface area contributed by atoms with Crippen molar-refractivity contribution in [3.8, 4) is 0 Å². The van der Waals surface area contributed by atoms with Crippen LogP contribution in [0.2, 0.25) is 0 Å². The molecule has 1 aromatic rings. The molecule has 5 nitrogen and oxygen atoms in total. The molecule has 0 aliphatic rings. The van der Waals surface area contributed by atoms with Crippen LogP contribution in [-0.2, 0) is 9.47 Å². The maximum Gasteiger partial charge on any atom is 0.251 e. The third-order valence-corrected chi connectivity index (χ3v) is 2.64. The van der Waals surface area contributed by atoms with E-state index in [1.165, 1.54) is 17.8 Å². The number of rotatable bonds is 5. The Morgan fingerprint density at radius 2 is 2.20 bits per heavy atom. The Morgan fingerprint density at radius 3 is 2.73 bits per heavy atom. The van der Waals surface area contributed by atoms with Crippen molar-refractivity contribution in [2.75, 3.05) is 20.0 Å². The Morgan fingerprint density at radius 1 is 1.53 bits per heavy atom. The smallest absolute Gasteiger partial charge is 0.251 e. The van der Waals surface area contributed by atoms with Gasteiger partial charge >= 0.3 is 0 Å². The zero-order chi connectivity index (χ0) is 11.3. The molecule has 1 heterocycles. The highest BCUT2D eigenvalue weighted by atomic mass is 32.2. The van der Waals surface area contributed by atoms with E-state index in [4.69, 9.17) is 9.47 Å². The minimum Gasteiger partial charge on any atom is -0.355 e. The number of ether oxygens (including phenoxy) is 2. The minimum atomic E-state index is -0.291. The van der Waals surface area contributed by atoms with Crippen LogP contribution in [0.4, 0.5) is 0 Å². The minimum absolute atomic E-state index is 0.142. The highest BCUT2D eigenvalue weighted by Gasteiger charge is 2.07. The monoisotopic (exact) mass is 230 g/mol. The highest BCUT2D eigenvalue weighted by Crippen LogP contribution is 2.13. The molecule has 0 aromatic carbocycles. The van der Waals surface area contributed by atoms with Crippen molar-refractivity contribution in [2.45, 2.75) is 18.4 Å². The van der Waals surface area contributed by atoms with Crippen molar-refractivity contribution in [3.05, 3.63) is 22.1 Å². The SMILES string of the molecule is COC(CSc1nc(C)cc(=O)[nH]1)OC. The Hall–Kier alpha value is -0.850. The molecule has 0 saturated heterocycles. The Labute approximate surface area is 92.2 Å². The fraction of sp³-hybridized carbons (Fsp3) is 0.556. The van der Waals surface area contributed by atoms with Gasteiger partial charge in [-0.25, -0.2) is 4.98 Å². The van der Waals surface area contributed by atoms with E-state index in [1.54, 1.807) is 21.1 Å². The van der Waals surface area contributed by atoms with Gasteiger partial charge in [0.1, 0.15) is 0 Å². The molecule has 1 N–H and O–H groups in total. The lowest BCUT2D eigenvalue weighted by Crippen LogP contribution is -2.17. The summed E-state index contributed by atoms with van der Waals surface area (Å²) in [5.74, 6) is 0.583. The average Bonchev–Trinajstić information content (AvgIpc) is 2.18. The maximum atomic E-state index is 11.1. The second-order valence-electron chi connectivity index (χ2n) is 2.90. The van der Waals surface area contributed by atoms with Gasteiger partial charge in [0.05, 0.1) is 5.75 Å². The van der Waals surface area contributed by atoms with E-state index in [0.29, 0.717) is 16.6 Å². The van der Waals surface area contributed by atoms with Crippen LogP contribution >= 0.6 is 11.8 Å². The summed E-state index contributed by atoms with van der Waals surface area (Å²) in [4.78, 5) is 17.9. The van der Waals surface area contributed by atoms with E-state index in [-0.39, 0.29) is 11.8 Å². The van der Waals surface area contributed by atoms with Gasteiger partial charge in [0.15, 0.2) is 11.4 Å². The van der Waals surface area contributed by atoms with Crippen LogP contribution < -0.4 is 5.56 Å². The van der Waals surface area contributed by atoms with Gasteiger partial charge in [-0.1, -0.05) is 11.8 Å². The normalized spacial score (nSPS) is 10.9. The van der Waals surface area contributed by atoms with Crippen LogP contribution in [0.15, 0.2) is 16.0 Å². The van der Waals surface area contributed by atoms with Gasteiger partial charge in [-0.3, -0.25) is 4.79 Å². The van der Waals surface area contributed by atoms with Gasteiger partial charge in [-0.15, -0.1) is 0 Å². The van der Waals surface area contributed by atoms with E-state index in [1.807, 2.05) is 0 Å². The van der Waals surface area contributed by atoms with Crippen molar-refractivity contribution in [2.24, 2.45) is 0 Å². The first-order valence-corrected chi connectivity index (χ1v) is 5.40. The molecule has 0 atom stereocenters. The average molecular weight is 230 g/mol. The molecule has 84 valence electrons. The Bertz CT molecular complexity index is 363. The number of aromatic amines is 1. The molecule has 0 aliphatic heterocycles. The van der Waals surface area contributed by atoms with Crippen LogP contribution in [0.5, 0.6) is 0 Å². The number of aryl methyl sites for hydroxylation is 1. The molecule has 0 radical (unpaired) electrons. The molecule has 0 bridgehead atoms. The summed E-state index contributed by atoms with van der Waals surface area (Å²) in [6.07, 6.45) is -0.291. The summed E-state index contributed by atoms with van der Waals surface area (Å²) >= 11 is 1.39. The number of methoxy groups -OCH3 is 2. The summed E-state index contributed by atoms with van der Waals surface area (Å²) in [5.41, 5.74) is 0.559. The van der Waals surface area contributed by atoms with Crippen molar-refractivity contribution in [1.82, 2.24) is 9.97 Å². The zero-order valence-electron chi connectivity index (χ0n) is 8.94. The van der Waals surface area contributed by atoms with Gasteiger partial charge in [0.2, 0.25) is 0 Å². The fourth-order valence-electron chi connectivity index (χ4n) is 0.999. The largest absolute Gasteiger partial charge is 0.355 e. The number of aromatic nitrogens is 2. The summed E-state index contributed by atoms with van der Waals surface area (Å²) in [5, 5.41) is 0.583. The predicted molar refractivity (Wildman–Crippen MR) is 58.1 cm³/mol. The lowest BCUT2D eigenvalue weighted by atomic mass is 10.5. The third-order valence-electron chi connectivity index (χ3n) is 1.73. The van der Waals surface area contributed by atoms with E-state index in [9.17, 15) is 4.79 Å². The number of thioether (sulfide) groups is 1. The summed E-state index contributed by atoms with van der Waals surface area (Å²) in [6.45, 7) is 1.78. The zero-order valence-corrected chi connectivity index (χ0v) is 9.76. The highest BCUT2D eigenvalue weighted by molar-refractivity contribution is 7.99. The number of nitrogens with one attached hydrogen (secondary N) is 1. The van der Waals surface area contributed by atoms with Gasteiger partial charge < -0.3 is 14.5 Å². The van der Waals surface area contributed by atoms with E-state index >= 15 is 0 Å². The first-order valence-electron chi connectivity index (χ1n) is 4.42. The van der Waals surface area contributed by atoms with E-state index < -0.39 is 0 Å². The Balaban J connectivity index is 2.61. The van der Waals surface area contributed by atoms with Crippen molar-refractivity contribution >= 4 is 11.8 Å². The lowest BCUT2D eigenvalue weighted by Gasteiger charge is -2.11. The summed E-state index contributed by atoms with van der Waals surface area (Å²) < 4.78 is 10.0. The van der Waals surface area contributed by atoms with Gasteiger partial charge in [-0.2, -0.15) is 0 Å². The molecule has 0 saturated carbocycles. The predicted octanol–water partition coefficient (Wildman–Crippen LogP) is 0.789. The number of H-pyrrole nitrogens is 1. The molecule has 1 aromatic heterocycles. The first kappa shape index (κ1) is 12.2. The van der Waals surface area contributed by atoms with Crippen LogP contribution in [0.25, 0.3) is 0 Å². The number of hydrogen-bond acceptors (Lipinski definition) is 5. The third kappa shape index (κ3) is 4.03. The maximum absolute atomic E-state index is 11.1. The standard InChI is InChI=1S/C9H14N2O3S/c1-6-4-7(12)11-9(10-6)15-5-8(13-2)14-3/h4,8H,5H2,1-3H3,(H,10,11,12). The quantitative estimate of drug-likeness (QED) is 0.460. The van der Waals surface area contributed by atoms with Crippen LogP contribution in [0.1, 0.15) is 5.69 Å². The van der Waals surface area contributed by atoms with Crippen molar-refractivity contribution in [1.29, 1.82) is 0 Å². The second kappa shape index (κ2) is 5.89. The summed E-state index contributed by atoms with van der Waals surface area (Å²) in [7, 11) is 3.14. The number of hydrogen-bond donors (Lipinski definition) is 1. The molecule has 1 rings (SSSR count). The van der Waals surface area contributed by atoms with E-state index in [0.717, 1.165) is 0 Å². The second-order valence-corrected chi connectivity index (χ2v) is 3.91. The topological polar surface area (TPSA) is 64.2 Å². The number of nitrogens with zero attached hydrogens (tertiary/aromatic N) is 1. The molecular formula is C9H14N2O3S. The lowest BCUT2D eigenvalue weighted by molar-refractivity contribution is -0.0842. The molecular weight excluding hydrogens is 216 g/mol. The van der Waals surface area contributed by atoms with Gasteiger partial charge in [0, 0.05) is 26.0 Å². The van der Waals surface area contributed by atoms with Crippen LogP contribution in [0.3, 0.4) is 0 Å². The van der Waals surface area contributed by atoms with Crippen molar-refractivity contribution in [3.63, 3.8) is 0 Å². The molecule has 0 unspecified atom stereocenters. The van der Waals surface area contributed by atoms with E-state index in [2.05, 4.69) is 9.97 Å². The molecule has 0 amide bonds. The molecule has 6 heteroatoms. The Kier molecular flexibility index (Phi) is 4.80. The van der Waals surface area contributed by atoms with Crippen molar-refractivity contribution < 1.29 is 9.47 Å². The molecule has 15 heavy (non-hydrogen) atoms. The first-order chi connectivity index (χ1) is 7.15. The molecule has 0 aliphatic carbocycles. The molecule has 0 fully saturated rings. The van der Waals surface area contributed by atoms with Crippen LogP contribution in [-0.4, -0.2) is 36.2 Å². The van der Waals surface area contributed by atoms with Gasteiger partial charge in [-0.05, 0) is 6.92 Å². The molecule has 0 spiro atoms.